The summed E-state index contributed by atoms with van der Waals surface area (Å²) in [5, 5.41) is 8.50. The number of hydrogen-bond donors (Lipinski definition) is 2. The first-order valence-electron chi connectivity index (χ1n) is 9.47. The summed E-state index contributed by atoms with van der Waals surface area (Å²) in [6.07, 6.45) is 6.16. The van der Waals surface area contributed by atoms with Crippen molar-refractivity contribution in [1.29, 1.82) is 0 Å². The Labute approximate surface area is 150 Å². The molecular formula is C19H31N3OS. The van der Waals surface area contributed by atoms with Crippen LogP contribution in [0, 0.1) is 11.8 Å². The Balaban J connectivity index is 1.53. The number of amides is 2. The lowest BCUT2D eigenvalue weighted by atomic mass is 9.78. The third-order valence-corrected chi connectivity index (χ3v) is 6.91. The minimum Gasteiger partial charge on any atom is -0.336 e. The molecule has 1 aliphatic carbocycles. The summed E-state index contributed by atoms with van der Waals surface area (Å²) in [5.41, 5.74) is 0. The summed E-state index contributed by atoms with van der Waals surface area (Å²) >= 11 is 1.79. The fourth-order valence-electron chi connectivity index (χ4n) is 4.14. The summed E-state index contributed by atoms with van der Waals surface area (Å²) in [6.45, 7) is 7.55. The van der Waals surface area contributed by atoms with Gasteiger partial charge in [-0.15, -0.1) is 11.3 Å². The highest BCUT2D eigenvalue weighted by Crippen LogP contribution is 2.30. The van der Waals surface area contributed by atoms with Crippen LogP contribution in [-0.2, 0) is 0 Å². The number of likely N-dealkylation sites (tertiary alicyclic amines) is 1. The smallest absolute Gasteiger partial charge is 0.315 e. The molecule has 3 rings (SSSR count). The molecular weight excluding hydrogens is 318 g/mol. The Morgan fingerprint density at radius 1 is 1.29 bits per heavy atom. The van der Waals surface area contributed by atoms with Crippen molar-refractivity contribution in [3.05, 3.63) is 22.4 Å². The quantitative estimate of drug-likeness (QED) is 0.843. The minimum atomic E-state index is 0.00158. The highest BCUT2D eigenvalue weighted by molar-refractivity contribution is 7.10. The first-order chi connectivity index (χ1) is 11.6. The van der Waals surface area contributed by atoms with Gasteiger partial charge in [-0.05, 0) is 55.6 Å². The average Bonchev–Trinajstić information content (AvgIpc) is 3.26. The summed E-state index contributed by atoms with van der Waals surface area (Å²) in [4.78, 5) is 16.3. The van der Waals surface area contributed by atoms with E-state index in [0.717, 1.165) is 19.5 Å². The molecule has 2 N–H and O–H groups in total. The van der Waals surface area contributed by atoms with E-state index < -0.39 is 0 Å². The van der Waals surface area contributed by atoms with Crippen molar-refractivity contribution in [2.24, 2.45) is 11.8 Å². The van der Waals surface area contributed by atoms with Crippen LogP contribution in [0.25, 0.3) is 0 Å². The number of nitrogens with zero attached hydrogens (tertiary/aromatic N) is 1. The average molecular weight is 350 g/mol. The molecule has 0 bridgehead atoms. The van der Waals surface area contributed by atoms with E-state index in [1.807, 2.05) is 0 Å². The normalized spacial score (nSPS) is 29.3. The van der Waals surface area contributed by atoms with Gasteiger partial charge in [0.1, 0.15) is 0 Å². The van der Waals surface area contributed by atoms with Crippen molar-refractivity contribution in [1.82, 2.24) is 15.5 Å². The van der Waals surface area contributed by atoms with Gasteiger partial charge in [0.25, 0.3) is 0 Å². The van der Waals surface area contributed by atoms with E-state index in [2.05, 4.69) is 46.9 Å². The van der Waals surface area contributed by atoms with Gasteiger partial charge in [0.2, 0.25) is 0 Å². The van der Waals surface area contributed by atoms with E-state index in [1.54, 1.807) is 11.3 Å². The number of hydrogen-bond acceptors (Lipinski definition) is 3. The highest BCUT2D eigenvalue weighted by Gasteiger charge is 2.29. The number of urea groups is 1. The molecule has 4 nitrogen and oxygen atoms in total. The van der Waals surface area contributed by atoms with Gasteiger partial charge in [-0.25, -0.2) is 4.79 Å². The molecule has 1 saturated heterocycles. The summed E-state index contributed by atoms with van der Waals surface area (Å²) < 4.78 is 0. The van der Waals surface area contributed by atoms with Crippen LogP contribution in [0.15, 0.2) is 17.5 Å². The Hall–Kier alpha value is -1.07. The molecule has 1 aromatic rings. The molecule has 2 aliphatic rings. The lowest BCUT2D eigenvalue weighted by Crippen LogP contribution is -2.49. The van der Waals surface area contributed by atoms with Gasteiger partial charge in [0.05, 0.1) is 6.04 Å². The van der Waals surface area contributed by atoms with Gasteiger partial charge in [-0.1, -0.05) is 32.8 Å². The maximum atomic E-state index is 12.4. The number of thiophene rings is 1. The lowest BCUT2D eigenvalue weighted by molar-refractivity contribution is 0.190. The summed E-state index contributed by atoms with van der Waals surface area (Å²) in [5.74, 6) is 1.27. The Morgan fingerprint density at radius 3 is 2.79 bits per heavy atom. The number of carbonyl (C=O) groups is 1. The largest absolute Gasteiger partial charge is 0.336 e. The van der Waals surface area contributed by atoms with Crippen LogP contribution >= 0.6 is 11.3 Å². The third kappa shape index (κ3) is 4.31. The molecule has 1 aromatic heterocycles. The predicted molar refractivity (Wildman–Crippen MR) is 100 cm³/mol. The van der Waals surface area contributed by atoms with Crippen molar-refractivity contribution >= 4 is 17.4 Å². The lowest BCUT2D eigenvalue weighted by Gasteiger charge is -2.35. The topological polar surface area (TPSA) is 44.4 Å². The first-order valence-corrected chi connectivity index (χ1v) is 10.3. The second-order valence-electron chi connectivity index (χ2n) is 7.50. The highest BCUT2D eigenvalue weighted by atomic mass is 32.1. The first kappa shape index (κ1) is 17.7. The Kier molecular flexibility index (Phi) is 6.17. The Bertz CT molecular complexity index is 513. The molecule has 24 heavy (non-hydrogen) atoms. The van der Waals surface area contributed by atoms with Gasteiger partial charge in [0.15, 0.2) is 0 Å². The van der Waals surface area contributed by atoms with Crippen LogP contribution in [-0.4, -0.2) is 36.6 Å². The zero-order chi connectivity index (χ0) is 16.9. The van der Waals surface area contributed by atoms with E-state index in [9.17, 15) is 4.79 Å². The van der Waals surface area contributed by atoms with Gasteiger partial charge < -0.3 is 10.6 Å². The van der Waals surface area contributed by atoms with Crippen LogP contribution in [0.4, 0.5) is 4.79 Å². The van der Waals surface area contributed by atoms with E-state index in [1.165, 1.54) is 30.6 Å². The van der Waals surface area contributed by atoms with Gasteiger partial charge in [-0.3, -0.25) is 4.90 Å². The van der Waals surface area contributed by atoms with E-state index in [4.69, 9.17) is 0 Å². The van der Waals surface area contributed by atoms with Gasteiger partial charge >= 0.3 is 6.03 Å². The number of nitrogens with one attached hydrogen (secondary N) is 2. The zero-order valence-electron chi connectivity index (χ0n) is 15.0. The molecule has 1 aliphatic heterocycles. The van der Waals surface area contributed by atoms with Gasteiger partial charge in [0, 0.05) is 17.5 Å². The van der Waals surface area contributed by atoms with Crippen molar-refractivity contribution in [3.63, 3.8) is 0 Å². The molecule has 2 amide bonds. The second-order valence-corrected chi connectivity index (χ2v) is 8.48. The maximum absolute atomic E-state index is 12.4. The molecule has 4 atom stereocenters. The molecule has 0 spiro atoms. The summed E-state index contributed by atoms with van der Waals surface area (Å²) in [6, 6.07) is 4.94. The fraction of sp³-hybridized carbons (Fsp3) is 0.737. The summed E-state index contributed by atoms with van der Waals surface area (Å²) in [7, 11) is 0. The van der Waals surface area contributed by atoms with E-state index in [0.29, 0.717) is 30.5 Å². The van der Waals surface area contributed by atoms with Crippen LogP contribution in [0.5, 0.6) is 0 Å². The van der Waals surface area contributed by atoms with Crippen LogP contribution in [0.2, 0.25) is 0 Å². The molecule has 2 heterocycles. The molecule has 134 valence electrons. The maximum Gasteiger partial charge on any atom is 0.315 e. The van der Waals surface area contributed by atoms with Crippen molar-refractivity contribution < 1.29 is 4.79 Å². The second kappa shape index (κ2) is 8.34. The molecule has 2 fully saturated rings. The fourth-order valence-corrected chi connectivity index (χ4v) is 5.00. The van der Waals surface area contributed by atoms with Gasteiger partial charge in [-0.2, -0.15) is 0 Å². The van der Waals surface area contributed by atoms with Crippen molar-refractivity contribution in [2.45, 2.75) is 58.0 Å². The van der Waals surface area contributed by atoms with E-state index in [-0.39, 0.29) is 6.03 Å². The monoisotopic (exact) mass is 349 g/mol. The standard InChI is InChI=1S/C19H31N3OS/c1-14-7-5-8-16(15(14)2)21-19(23)20-13-17(18-9-6-12-24-18)22-10-3-4-11-22/h6,9,12,14-17H,3-5,7-8,10-11,13H2,1-2H3,(H2,20,21,23). The SMILES string of the molecule is CC1CCCC(NC(=O)NCC(c2cccs2)N2CCCC2)C1C. The van der Waals surface area contributed by atoms with E-state index >= 15 is 0 Å². The number of carbonyl (C=O) groups excluding carboxylic acids is 1. The predicted octanol–water partition coefficient (Wildman–Crippen LogP) is 4.01. The van der Waals surface area contributed by atoms with Crippen molar-refractivity contribution in [3.8, 4) is 0 Å². The molecule has 5 heteroatoms. The number of rotatable bonds is 5. The third-order valence-electron chi connectivity index (χ3n) is 5.93. The molecule has 1 saturated carbocycles. The minimum absolute atomic E-state index is 0.00158. The van der Waals surface area contributed by atoms with Crippen LogP contribution in [0.1, 0.15) is 56.9 Å². The molecule has 0 aromatic carbocycles. The zero-order valence-corrected chi connectivity index (χ0v) is 15.8. The molecule has 4 unspecified atom stereocenters. The van der Waals surface area contributed by atoms with Crippen LogP contribution < -0.4 is 10.6 Å². The molecule has 0 radical (unpaired) electrons. The van der Waals surface area contributed by atoms with Crippen molar-refractivity contribution in [2.75, 3.05) is 19.6 Å². The van der Waals surface area contributed by atoms with Crippen LogP contribution in [0.3, 0.4) is 0 Å². The Morgan fingerprint density at radius 2 is 2.08 bits per heavy atom.